The van der Waals surface area contributed by atoms with Gasteiger partial charge in [0.05, 0.1) is 0 Å². The fourth-order valence-electron chi connectivity index (χ4n) is 3.01. The van der Waals surface area contributed by atoms with Crippen LogP contribution in [-0.4, -0.2) is 29.3 Å². The van der Waals surface area contributed by atoms with Crippen LogP contribution < -0.4 is 5.32 Å². The Balaban J connectivity index is 2.36. The highest BCUT2D eigenvalue weighted by Gasteiger charge is 2.30. The van der Waals surface area contributed by atoms with E-state index in [2.05, 4.69) is 5.32 Å². The number of nitrogens with one attached hydrogen (secondary N) is 1. The maximum Gasteiger partial charge on any atom is 0.243 e. The molecule has 2 aromatic rings. The third-order valence-electron chi connectivity index (χ3n) is 4.38. The molecule has 0 aliphatic carbocycles. The van der Waals surface area contributed by atoms with Crippen molar-refractivity contribution >= 4 is 11.8 Å². The molecule has 2 aromatic carbocycles. The summed E-state index contributed by atoms with van der Waals surface area (Å²) in [4.78, 5) is 27.1. The van der Waals surface area contributed by atoms with Gasteiger partial charge in [0, 0.05) is 31.5 Å². The quantitative estimate of drug-likeness (QED) is 0.732. The van der Waals surface area contributed by atoms with Crippen molar-refractivity contribution in [2.45, 2.75) is 45.7 Å². The first kappa shape index (κ1) is 20.6. The predicted octanol–water partition coefficient (Wildman–Crippen LogP) is 3.70. The second kappa shape index (κ2) is 10.5. The molecule has 0 spiro atoms. The van der Waals surface area contributed by atoms with Crippen molar-refractivity contribution in [1.29, 1.82) is 0 Å². The highest BCUT2D eigenvalue weighted by Crippen LogP contribution is 2.17. The van der Waals surface area contributed by atoms with Crippen LogP contribution in [0.25, 0.3) is 0 Å². The Morgan fingerprint density at radius 1 is 1.04 bits per heavy atom. The van der Waals surface area contributed by atoms with E-state index in [0.717, 1.165) is 5.56 Å². The first-order chi connectivity index (χ1) is 13.1. The lowest BCUT2D eigenvalue weighted by atomic mass is 10.0. The number of benzene rings is 2. The van der Waals surface area contributed by atoms with E-state index in [4.69, 9.17) is 0 Å². The number of amides is 2. The van der Waals surface area contributed by atoms with Crippen molar-refractivity contribution in [3.8, 4) is 0 Å². The van der Waals surface area contributed by atoms with Gasteiger partial charge in [-0.05, 0) is 25.0 Å². The molecule has 0 saturated heterocycles. The lowest BCUT2D eigenvalue weighted by Gasteiger charge is -2.31. The van der Waals surface area contributed by atoms with Crippen molar-refractivity contribution in [2.75, 3.05) is 6.54 Å². The second-order valence-electron chi connectivity index (χ2n) is 6.46. The zero-order valence-corrected chi connectivity index (χ0v) is 16.0. The zero-order chi connectivity index (χ0) is 19.6. The third-order valence-corrected chi connectivity index (χ3v) is 4.38. The van der Waals surface area contributed by atoms with Crippen molar-refractivity contribution in [2.24, 2.45) is 0 Å². The van der Waals surface area contributed by atoms with E-state index in [1.807, 2.05) is 44.2 Å². The van der Waals surface area contributed by atoms with Gasteiger partial charge in [-0.1, -0.05) is 55.5 Å². The largest absolute Gasteiger partial charge is 0.355 e. The minimum atomic E-state index is -0.689. The van der Waals surface area contributed by atoms with E-state index in [-0.39, 0.29) is 24.2 Å². The van der Waals surface area contributed by atoms with Gasteiger partial charge in [0.1, 0.15) is 11.9 Å². The van der Waals surface area contributed by atoms with Crippen LogP contribution in [0.15, 0.2) is 54.6 Å². The monoisotopic (exact) mass is 370 g/mol. The second-order valence-corrected chi connectivity index (χ2v) is 6.46. The summed E-state index contributed by atoms with van der Waals surface area (Å²) in [7, 11) is 0. The summed E-state index contributed by atoms with van der Waals surface area (Å²) in [5.74, 6) is -0.740. The molecule has 0 heterocycles. The summed E-state index contributed by atoms with van der Waals surface area (Å²) < 4.78 is 14.2. The Kier molecular flexibility index (Phi) is 7.99. The summed E-state index contributed by atoms with van der Waals surface area (Å²) in [6, 6.07) is 15.3. The van der Waals surface area contributed by atoms with Gasteiger partial charge < -0.3 is 10.2 Å². The van der Waals surface area contributed by atoms with Gasteiger partial charge in [-0.2, -0.15) is 0 Å². The molecule has 0 fully saturated rings. The Bertz CT molecular complexity index is 749. The average molecular weight is 370 g/mol. The molecule has 1 N–H and O–H groups in total. The standard InChI is InChI=1S/C22H27FN2O2/c1-3-10-21(26)25(16-18-13-8-9-14-19(18)23)20(22(27)24-4-2)15-17-11-6-5-7-12-17/h5-9,11-14,20H,3-4,10,15-16H2,1-2H3,(H,24,27). The van der Waals surface area contributed by atoms with Crippen LogP contribution in [0, 0.1) is 5.82 Å². The normalized spacial score (nSPS) is 11.7. The minimum Gasteiger partial charge on any atom is -0.355 e. The molecule has 5 heteroatoms. The summed E-state index contributed by atoms with van der Waals surface area (Å²) in [6.45, 7) is 4.30. The SMILES string of the molecule is CCCC(=O)N(Cc1ccccc1F)C(Cc1ccccc1)C(=O)NCC. The van der Waals surface area contributed by atoms with Gasteiger partial charge in [-0.3, -0.25) is 9.59 Å². The molecular weight excluding hydrogens is 343 g/mol. The van der Waals surface area contributed by atoms with E-state index < -0.39 is 6.04 Å². The summed E-state index contributed by atoms with van der Waals surface area (Å²) >= 11 is 0. The highest BCUT2D eigenvalue weighted by atomic mass is 19.1. The molecule has 0 aliphatic heterocycles. The lowest BCUT2D eigenvalue weighted by molar-refractivity contribution is -0.141. The Hall–Kier alpha value is -2.69. The van der Waals surface area contributed by atoms with Crippen molar-refractivity contribution in [3.63, 3.8) is 0 Å². The number of hydrogen-bond acceptors (Lipinski definition) is 2. The molecule has 2 rings (SSSR count). The van der Waals surface area contributed by atoms with E-state index in [9.17, 15) is 14.0 Å². The maximum atomic E-state index is 14.2. The molecule has 144 valence electrons. The van der Waals surface area contributed by atoms with E-state index in [1.54, 1.807) is 18.2 Å². The molecule has 0 aromatic heterocycles. The summed E-state index contributed by atoms with van der Waals surface area (Å²) in [5, 5.41) is 2.82. The topological polar surface area (TPSA) is 49.4 Å². The molecular formula is C22H27FN2O2. The number of carbonyl (C=O) groups excluding carboxylic acids is 2. The van der Waals surface area contributed by atoms with Gasteiger partial charge in [0.25, 0.3) is 0 Å². The van der Waals surface area contributed by atoms with Gasteiger partial charge in [0.2, 0.25) is 11.8 Å². The van der Waals surface area contributed by atoms with E-state index >= 15 is 0 Å². The van der Waals surface area contributed by atoms with Crippen LogP contribution in [0.4, 0.5) is 4.39 Å². The van der Waals surface area contributed by atoms with E-state index in [0.29, 0.717) is 31.4 Å². The smallest absolute Gasteiger partial charge is 0.243 e. The van der Waals surface area contributed by atoms with Crippen molar-refractivity contribution in [3.05, 3.63) is 71.5 Å². The summed E-state index contributed by atoms with van der Waals surface area (Å²) in [5.41, 5.74) is 1.36. The van der Waals surface area contributed by atoms with Crippen molar-refractivity contribution in [1.82, 2.24) is 10.2 Å². The molecule has 0 aliphatic rings. The fraction of sp³-hybridized carbons (Fsp3) is 0.364. The Morgan fingerprint density at radius 3 is 2.33 bits per heavy atom. The molecule has 0 saturated carbocycles. The molecule has 4 nitrogen and oxygen atoms in total. The van der Waals surface area contributed by atoms with Gasteiger partial charge in [-0.15, -0.1) is 0 Å². The van der Waals surface area contributed by atoms with Crippen molar-refractivity contribution < 1.29 is 14.0 Å². The Labute approximate surface area is 160 Å². The van der Waals surface area contributed by atoms with E-state index in [1.165, 1.54) is 11.0 Å². The first-order valence-corrected chi connectivity index (χ1v) is 9.41. The third kappa shape index (κ3) is 5.91. The predicted molar refractivity (Wildman–Crippen MR) is 104 cm³/mol. The van der Waals surface area contributed by atoms with Gasteiger partial charge >= 0.3 is 0 Å². The van der Waals surface area contributed by atoms with Crippen LogP contribution in [0.5, 0.6) is 0 Å². The number of likely N-dealkylation sites (N-methyl/N-ethyl adjacent to an activating group) is 1. The summed E-state index contributed by atoms with van der Waals surface area (Å²) in [6.07, 6.45) is 1.37. The fourth-order valence-corrected chi connectivity index (χ4v) is 3.01. The van der Waals surface area contributed by atoms with Gasteiger partial charge in [0.15, 0.2) is 0 Å². The molecule has 0 bridgehead atoms. The Morgan fingerprint density at radius 2 is 1.70 bits per heavy atom. The van der Waals surface area contributed by atoms with Crippen LogP contribution in [0.1, 0.15) is 37.8 Å². The number of carbonyl (C=O) groups is 2. The van der Waals surface area contributed by atoms with Crippen LogP contribution >= 0.6 is 0 Å². The number of rotatable bonds is 9. The molecule has 2 amide bonds. The number of halogens is 1. The molecule has 0 radical (unpaired) electrons. The molecule has 1 atom stereocenters. The van der Waals surface area contributed by atoms with Crippen LogP contribution in [-0.2, 0) is 22.6 Å². The van der Waals surface area contributed by atoms with Crippen LogP contribution in [0.3, 0.4) is 0 Å². The zero-order valence-electron chi connectivity index (χ0n) is 16.0. The van der Waals surface area contributed by atoms with Gasteiger partial charge in [-0.25, -0.2) is 4.39 Å². The highest BCUT2D eigenvalue weighted by molar-refractivity contribution is 5.88. The van der Waals surface area contributed by atoms with Crippen LogP contribution in [0.2, 0.25) is 0 Å². The number of nitrogens with zero attached hydrogens (tertiary/aromatic N) is 1. The molecule has 27 heavy (non-hydrogen) atoms. The average Bonchev–Trinajstić information content (AvgIpc) is 2.67. The lowest BCUT2D eigenvalue weighted by Crippen LogP contribution is -2.50. The maximum absolute atomic E-state index is 14.2. The number of hydrogen-bond donors (Lipinski definition) is 1. The minimum absolute atomic E-state index is 0.0696. The molecule has 1 unspecified atom stereocenters. The first-order valence-electron chi connectivity index (χ1n) is 9.41.